The Morgan fingerprint density at radius 2 is 2.10 bits per heavy atom. The van der Waals surface area contributed by atoms with Crippen LogP contribution in [-0.4, -0.2) is 31.1 Å². The van der Waals surface area contributed by atoms with Gasteiger partial charge in [-0.05, 0) is 31.3 Å². The summed E-state index contributed by atoms with van der Waals surface area (Å²) in [6, 6.07) is 0. The summed E-state index contributed by atoms with van der Waals surface area (Å²) in [6.45, 7) is 2.17. The van der Waals surface area contributed by atoms with Crippen molar-refractivity contribution < 1.29 is 19.1 Å². The molecule has 0 amide bonds. The second-order valence-electron chi connectivity index (χ2n) is 5.97. The molecular formula is C17H26O4. The Bertz CT molecular complexity index is 413. The molecule has 0 aromatic carbocycles. The standard InChI is InChI=1S/C17H26O4/c1-3-4-9-13-12(15(19)17-16(13)21-17)10-7-5-6-8-11-14(18)20-2/h10,13,16-17H,3-9,11H2,1-2H3. The number of epoxide rings is 1. The number of Topliss-reactive ketones (excluding diaryl/α,β-unsaturated/α-hetero) is 1. The fourth-order valence-corrected chi connectivity index (χ4v) is 3.11. The highest BCUT2D eigenvalue weighted by Gasteiger charge is 2.58. The van der Waals surface area contributed by atoms with Crippen LogP contribution in [0.5, 0.6) is 0 Å². The fraction of sp³-hybridized carbons (Fsp3) is 0.765. The minimum absolute atomic E-state index is 0.127. The first-order valence-electron chi connectivity index (χ1n) is 8.15. The molecule has 118 valence electrons. The lowest BCUT2D eigenvalue weighted by molar-refractivity contribution is -0.140. The van der Waals surface area contributed by atoms with Crippen molar-refractivity contribution in [3.63, 3.8) is 0 Å². The lowest BCUT2D eigenvalue weighted by Gasteiger charge is -2.12. The van der Waals surface area contributed by atoms with Crippen molar-refractivity contribution >= 4 is 11.8 Å². The quantitative estimate of drug-likeness (QED) is 0.284. The molecule has 0 spiro atoms. The van der Waals surface area contributed by atoms with E-state index in [1.165, 1.54) is 7.11 Å². The van der Waals surface area contributed by atoms with Crippen molar-refractivity contribution in [3.8, 4) is 0 Å². The third-order valence-electron chi connectivity index (χ3n) is 4.41. The smallest absolute Gasteiger partial charge is 0.305 e. The molecule has 2 aliphatic rings. The van der Waals surface area contributed by atoms with E-state index in [0.717, 1.165) is 50.5 Å². The van der Waals surface area contributed by atoms with Crippen molar-refractivity contribution in [3.05, 3.63) is 11.6 Å². The molecule has 3 atom stereocenters. The molecule has 0 radical (unpaired) electrons. The number of fused-ring (bicyclic) bond motifs is 1. The van der Waals surface area contributed by atoms with Gasteiger partial charge in [0.15, 0.2) is 5.78 Å². The van der Waals surface area contributed by atoms with Gasteiger partial charge in [0, 0.05) is 12.3 Å². The van der Waals surface area contributed by atoms with Crippen LogP contribution in [0.1, 0.15) is 58.3 Å². The first-order chi connectivity index (χ1) is 10.2. The third kappa shape index (κ3) is 4.16. The van der Waals surface area contributed by atoms with Gasteiger partial charge in [-0.2, -0.15) is 0 Å². The molecule has 1 aliphatic carbocycles. The topological polar surface area (TPSA) is 55.9 Å². The van der Waals surface area contributed by atoms with Crippen LogP contribution in [0, 0.1) is 5.92 Å². The molecule has 0 aromatic heterocycles. The van der Waals surface area contributed by atoms with Crippen molar-refractivity contribution in [2.45, 2.75) is 70.5 Å². The number of hydrogen-bond donors (Lipinski definition) is 0. The number of methoxy groups -OCH3 is 1. The van der Waals surface area contributed by atoms with Crippen molar-refractivity contribution in [2.24, 2.45) is 5.92 Å². The van der Waals surface area contributed by atoms with E-state index in [2.05, 4.69) is 17.7 Å². The number of carbonyl (C=O) groups excluding carboxylic acids is 2. The van der Waals surface area contributed by atoms with Crippen LogP contribution < -0.4 is 0 Å². The van der Waals surface area contributed by atoms with Crippen molar-refractivity contribution in [1.82, 2.24) is 0 Å². The molecule has 2 rings (SSSR count). The number of ether oxygens (including phenoxy) is 2. The highest BCUT2D eigenvalue weighted by atomic mass is 16.6. The van der Waals surface area contributed by atoms with Crippen LogP contribution in [0.2, 0.25) is 0 Å². The number of rotatable bonds is 9. The summed E-state index contributed by atoms with van der Waals surface area (Å²) >= 11 is 0. The Hall–Kier alpha value is -1.16. The van der Waals surface area contributed by atoms with Gasteiger partial charge in [-0.15, -0.1) is 0 Å². The maximum Gasteiger partial charge on any atom is 0.305 e. The maximum atomic E-state index is 12.1. The van der Waals surface area contributed by atoms with E-state index in [-0.39, 0.29) is 24.0 Å². The number of ketones is 1. The maximum absolute atomic E-state index is 12.1. The zero-order valence-corrected chi connectivity index (χ0v) is 13.1. The number of allylic oxidation sites excluding steroid dienone is 1. The van der Waals surface area contributed by atoms with Gasteiger partial charge in [0.05, 0.1) is 13.2 Å². The summed E-state index contributed by atoms with van der Waals surface area (Å²) in [5, 5.41) is 0. The van der Waals surface area contributed by atoms with Gasteiger partial charge in [-0.1, -0.05) is 32.3 Å². The zero-order valence-electron chi connectivity index (χ0n) is 13.1. The number of hydrogen-bond acceptors (Lipinski definition) is 4. The molecule has 1 heterocycles. The van der Waals surface area contributed by atoms with E-state index in [0.29, 0.717) is 12.3 Å². The number of esters is 1. The van der Waals surface area contributed by atoms with Gasteiger partial charge in [-0.3, -0.25) is 9.59 Å². The molecule has 1 aliphatic heterocycles. The molecule has 4 heteroatoms. The van der Waals surface area contributed by atoms with Crippen LogP contribution in [0.15, 0.2) is 11.6 Å². The average molecular weight is 294 g/mol. The van der Waals surface area contributed by atoms with E-state index in [1.807, 2.05) is 0 Å². The molecular weight excluding hydrogens is 268 g/mol. The minimum Gasteiger partial charge on any atom is -0.469 e. The van der Waals surface area contributed by atoms with Gasteiger partial charge in [-0.25, -0.2) is 0 Å². The Kier molecular flexibility index (Phi) is 5.97. The Labute approximate surface area is 126 Å². The Morgan fingerprint density at radius 3 is 2.81 bits per heavy atom. The highest BCUT2D eigenvalue weighted by molar-refractivity contribution is 6.04. The van der Waals surface area contributed by atoms with E-state index in [9.17, 15) is 9.59 Å². The Balaban J connectivity index is 1.72. The van der Waals surface area contributed by atoms with E-state index < -0.39 is 0 Å². The lowest BCUT2D eigenvalue weighted by atomic mass is 9.93. The van der Waals surface area contributed by atoms with E-state index in [4.69, 9.17) is 4.74 Å². The van der Waals surface area contributed by atoms with Gasteiger partial charge in [0.2, 0.25) is 0 Å². The molecule has 0 N–H and O–H groups in total. The second-order valence-corrected chi connectivity index (χ2v) is 5.97. The number of carbonyl (C=O) groups is 2. The van der Waals surface area contributed by atoms with Crippen molar-refractivity contribution in [1.29, 1.82) is 0 Å². The summed E-state index contributed by atoms with van der Waals surface area (Å²) in [6.07, 6.45) is 9.83. The van der Waals surface area contributed by atoms with Crippen LogP contribution in [0.4, 0.5) is 0 Å². The summed E-state index contributed by atoms with van der Waals surface area (Å²) in [4.78, 5) is 23.1. The third-order valence-corrected chi connectivity index (χ3v) is 4.41. The molecule has 4 nitrogen and oxygen atoms in total. The lowest BCUT2D eigenvalue weighted by Crippen LogP contribution is -2.11. The molecule has 1 saturated heterocycles. The Morgan fingerprint density at radius 1 is 1.29 bits per heavy atom. The zero-order chi connectivity index (χ0) is 15.2. The van der Waals surface area contributed by atoms with Crippen molar-refractivity contribution in [2.75, 3.05) is 7.11 Å². The van der Waals surface area contributed by atoms with Crippen LogP contribution in [0.3, 0.4) is 0 Å². The average Bonchev–Trinajstić information content (AvgIpc) is 3.23. The predicted octanol–water partition coefficient (Wildman–Crippen LogP) is 3.19. The SMILES string of the molecule is CCCCC1C(=CCCCCCC(=O)OC)C(=O)C2OC12. The minimum atomic E-state index is -0.142. The molecule has 2 fully saturated rings. The first-order valence-corrected chi connectivity index (χ1v) is 8.15. The molecule has 0 aromatic rings. The molecule has 3 unspecified atom stereocenters. The van der Waals surface area contributed by atoms with Gasteiger partial charge in [0.1, 0.15) is 6.10 Å². The monoisotopic (exact) mass is 294 g/mol. The molecule has 1 saturated carbocycles. The molecule has 0 bridgehead atoms. The fourth-order valence-electron chi connectivity index (χ4n) is 3.11. The van der Waals surface area contributed by atoms with E-state index >= 15 is 0 Å². The summed E-state index contributed by atoms with van der Waals surface area (Å²) in [5.41, 5.74) is 1.01. The largest absolute Gasteiger partial charge is 0.469 e. The highest BCUT2D eigenvalue weighted by Crippen LogP contribution is 2.46. The van der Waals surface area contributed by atoms with Crippen LogP contribution in [0.25, 0.3) is 0 Å². The number of unbranched alkanes of at least 4 members (excludes halogenated alkanes) is 4. The van der Waals surface area contributed by atoms with E-state index in [1.54, 1.807) is 0 Å². The van der Waals surface area contributed by atoms with Crippen LogP contribution >= 0.6 is 0 Å². The van der Waals surface area contributed by atoms with Crippen LogP contribution in [-0.2, 0) is 19.1 Å². The first kappa shape index (κ1) is 16.2. The molecule has 21 heavy (non-hydrogen) atoms. The summed E-state index contributed by atoms with van der Waals surface area (Å²) < 4.78 is 10.1. The predicted molar refractivity (Wildman–Crippen MR) is 79.9 cm³/mol. The normalized spacial score (nSPS) is 28.8. The summed E-state index contributed by atoms with van der Waals surface area (Å²) in [5.74, 6) is 0.407. The van der Waals surface area contributed by atoms with Gasteiger partial charge >= 0.3 is 5.97 Å². The van der Waals surface area contributed by atoms with Gasteiger partial charge in [0.25, 0.3) is 0 Å². The summed E-state index contributed by atoms with van der Waals surface area (Å²) in [7, 11) is 1.42. The second kappa shape index (κ2) is 7.74. The van der Waals surface area contributed by atoms with Gasteiger partial charge < -0.3 is 9.47 Å².